The third kappa shape index (κ3) is 6.48. The lowest BCUT2D eigenvalue weighted by atomic mass is 9.96. The van der Waals surface area contributed by atoms with Crippen LogP contribution in [0, 0.1) is 11.8 Å². The molecule has 2 aromatic carbocycles. The molecule has 0 saturated carbocycles. The van der Waals surface area contributed by atoms with Crippen LogP contribution in [0.4, 0.5) is 11.4 Å². The predicted molar refractivity (Wildman–Crippen MR) is 155 cm³/mol. The average molecular weight is 523 g/mol. The number of benzene rings is 2. The Hall–Kier alpha value is -4.12. The number of anilines is 2. The molecule has 2 aromatic rings. The van der Waals surface area contributed by atoms with Gasteiger partial charge in [-0.1, -0.05) is 42.3 Å². The minimum Gasteiger partial charge on any atom is -0.394 e. The largest absolute Gasteiger partial charge is 0.394 e. The summed E-state index contributed by atoms with van der Waals surface area (Å²) in [5.41, 5.74) is 6.60. The SMILES string of the molecule is C[C@H](CO)NC(=O)C#Cc1ccc2c(c1)NC(=O)/C2=C(\Nc1ccc(CN2CCCC2)cc1)C1=CCCC=C1. The second-order valence-electron chi connectivity index (χ2n) is 10.2. The van der Waals surface area contributed by atoms with Crippen molar-refractivity contribution in [1.29, 1.82) is 0 Å². The summed E-state index contributed by atoms with van der Waals surface area (Å²) in [6, 6.07) is 13.6. The zero-order valence-corrected chi connectivity index (χ0v) is 22.2. The first-order valence-corrected chi connectivity index (χ1v) is 13.6. The highest BCUT2D eigenvalue weighted by Crippen LogP contribution is 2.37. The normalized spacial score (nSPS) is 18.4. The Labute approximate surface area is 229 Å². The molecule has 0 bridgehead atoms. The lowest BCUT2D eigenvalue weighted by Gasteiger charge is -2.18. The Bertz CT molecular complexity index is 1400. The lowest BCUT2D eigenvalue weighted by molar-refractivity contribution is -0.116. The molecule has 0 radical (unpaired) electrons. The van der Waals surface area contributed by atoms with Gasteiger partial charge in [0.1, 0.15) is 0 Å². The molecule has 0 unspecified atom stereocenters. The number of fused-ring (bicyclic) bond motifs is 1. The second kappa shape index (κ2) is 12.2. The number of carbonyl (C=O) groups is 2. The van der Waals surface area contributed by atoms with E-state index < -0.39 is 5.91 Å². The Kier molecular flexibility index (Phi) is 8.26. The third-order valence-corrected chi connectivity index (χ3v) is 7.10. The first-order chi connectivity index (χ1) is 19.0. The number of allylic oxidation sites excluding steroid dienone is 3. The van der Waals surface area contributed by atoms with E-state index >= 15 is 0 Å². The van der Waals surface area contributed by atoms with Gasteiger partial charge in [0.2, 0.25) is 0 Å². The topological polar surface area (TPSA) is 93.7 Å². The van der Waals surface area contributed by atoms with Gasteiger partial charge in [-0.25, -0.2) is 0 Å². The van der Waals surface area contributed by atoms with E-state index in [2.05, 4.69) is 75.2 Å². The Morgan fingerprint density at radius 3 is 2.64 bits per heavy atom. The van der Waals surface area contributed by atoms with Crippen LogP contribution in [0.3, 0.4) is 0 Å². The molecule has 1 fully saturated rings. The molecule has 0 spiro atoms. The van der Waals surface area contributed by atoms with Gasteiger partial charge in [-0.15, -0.1) is 0 Å². The van der Waals surface area contributed by atoms with Crippen LogP contribution in [0.15, 0.2) is 72.0 Å². The molecule has 0 aromatic heterocycles. The molecule has 7 nitrogen and oxygen atoms in total. The van der Waals surface area contributed by atoms with E-state index in [-0.39, 0.29) is 18.6 Å². The standard InChI is InChI=1S/C32H34N4O3/c1-22(21-37)33-29(38)16-12-23-11-15-27-28(19-23)35-32(39)30(27)31(25-7-3-2-4-8-25)34-26-13-9-24(10-14-26)20-36-17-5-6-18-36/h3,7-11,13-15,19,22,34,37H,2,4-6,17-18,20-21H2,1H3,(H,33,38)(H,35,39)/b31-30-/t22-/m1/s1. The fourth-order valence-electron chi connectivity index (χ4n) is 5.05. The number of hydrogen-bond acceptors (Lipinski definition) is 5. The summed E-state index contributed by atoms with van der Waals surface area (Å²) in [5, 5.41) is 18.2. The number of nitrogens with one attached hydrogen (secondary N) is 3. The van der Waals surface area contributed by atoms with Crippen molar-refractivity contribution in [2.45, 2.75) is 45.2 Å². The molecule has 7 heteroatoms. The van der Waals surface area contributed by atoms with Gasteiger partial charge >= 0.3 is 0 Å². The van der Waals surface area contributed by atoms with E-state index in [0.717, 1.165) is 55.0 Å². The number of rotatable bonds is 7. The van der Waals surface area contributed by atoms with Crippen LogP contribution < -0.4 is 16.0 Å². The van der Waals surface area contributed by atoms with Gasteiger partial charge in [-0.05, 0) is 81.1 Å². The van der Waals surface area contributed by atoms with Crippen molar-refractivity contribution in [3.63, 3.8) is 0 Å². The minimum atomic E-state index is -0.462. The number of aliphatic hydroxyl groups excluding tert-OH is 1. The highest BCUT2D eigenvalue weighted by Gasteiger charge is 2.29. The molecule has 1 aliphatic carbocycles. The van der Waals surface area contributed by atoms with E-state index in [1.807, 2.05) is 12.1 Å². The maximum absolute atomic E-state index is 13.3. The number of likely N-dealkylation sites (tertiary alicyclic amines) is 1. The second-order valence-corrected chi connectivity index (χ2v) is 10.2. The van der Waals surface area contributed by atoms with Crippen LogP contribution in [0.25, 0.3) is 5.57 Å². The summed E-state index contributed by atoms with van der Waals surface area (Å²) in [6.07, 6.45) is 10.8. The fraction of sp³-hybridized carbons (Fsp3) is 0.312. The lowest BCUT2D eigenvalue weighted by Crippen LogP contribution is -2.33. The molecule has 39 heavy (non-hydrogen) atoms. The molecule has 4 N–H and O–H groups in total. The van der Waals surface area contributed by atoms with Gasteiger partial charge in [0.25, 0.3) is 11.8 Å². The van der Waals surface area contributed by atoms with Gasteiger partial charge in [0, 0.05) is 29.3 Å². The maximum Gasteiger partial charge on any atom is 0.296 e. The summed E-state index contributed by atoms with van der Waals surface area (Å²) in [6.45, 7) is 4.83. The summed E-state index contributed by atoms with van der Waals surface area (Å²) in [5.74, 6) is 4.74. The van der Waals surface area contributed by atoms with Crippen LogP contribution in [0.5, 0.6) is 0 Å². The number of carbonyl (C=O) groups excluding carboxylic acids is 2. The number of hydrogen-bond donors (Lipinski definition) is 4. The first-order valence-electron chi connectivity index (χ1n) is 13.6. The monoisotopic (exact) mass is 522 g/mol. The van der Waals surface area contributed by atoms with E-state index in [1.54, 1.807) is 13.0 Å². The smallest absolute Gasteiger partial charge is 0.296 e. The van der Waals surface area contributed by atoms with Crippen molar-refractivity contribution in [1.82, 2.24) is 10.2 Å². The highest BCUT2D eigenvalue weighted by molar-refractivity contribution is 6.33. The quantitative estimate of drug-likeness (QED) is 0.323. The first kappa shape index (κ1) is 26.5. The van der Waals surface area contributed by atoms with Crippen molar-refractivity contribution in [3.8, 4) is 11.8 Å². The Morgan fingerprint density at radius 1 is 1.13 bits per heavy atom. The van der Waals surface area contributed by atoms with E-state index in [1.165, 1.54) is 18.4 Å². The van der Waals surface area contributed by atoms with Gasteiger partial charge in [-0.2, -0.15) is 0 Å². The molecule has 2 aliphatic heterocycles. The zero-order chi connectivity index (χ0) is 27.2. The predicted octanol–water partition coefficient (Wildman–Crippen LogP) is 4.18. The Balaban J connectivity index is 1.42. The molecule has 2 heterocycles. The minimum absolute atomic E-state index is 0.155. The van der Waals surface area contributed by atoms with E-state index in [9.17, 15) is 9.59 Å². The van der Waals surface area contributed by atoms with Gasteiger partial charge in [0.05, 0.1) is 29.6 Å². The summed E-state index contributed by atoms with van der Waals surface area (Å²) in [7, 11) is 0. The summed E-state index contributed by atoms with van der Waals surface area (Å²) < 4.78 is 0. The van der Waals surface area contributed by atoms with Crippen LogP contribution >= 0.6 is 0 Å². The molecular formula is C32H34N4O3. The van der Waals surface area contributed by atoms with Gasteiger partial charge < -0.3 is 21.1 Å². The summed E-state index contributed by atoms with van der Waals surface area (Å²) in [4.78, 5) is 27.7. The number of amides is 2. The number of nitrogens with zero attached hydrogens (tertiary/aromatic N) is 1. The third-order valence-electron chi connectivity index (χ3n) is 7.10. The molecule has 5 rings (SSSR count). The molecule has 200 valence electrons. The molecule has 1 atom stereocenters. The molecule has 1 saturated heterocycles. The van der Waals surface area contributed by atoms with Crippen molar-refractivity contribution in [2.75, 3.05) is 30.3 Å². The molecular weight excluding hydrogens is 488 g/mol. The van der Waals surface area contributed by atoms with Crippen LogP contribution in [0.2, 0.25) is 0 Å². The van der Waals surface area contributed by atoms with Gasteiger partial charge in [0.15, 0.2) is 0 Å². The van der Waals surface area contributed by atoms with Crippen LogP contribution in [-0.4, -0.2) is 47.6 Å². The molecule has 3 aliphatic rings. The van der Waals surface area contributed by atoms with E-state index in [0.29, 0.717) is 16.8 Å². The summed E-state index contributed by atoms with van der Waals surface area (Å²) >= 11 is 0. The van der Waals surface area contributed by atoms with Crippen LogP contribution in [0.1, 0.15) is 49.3 Å². The van der Waals surface area contributed by atoms with Crippen molar-refractivity contribution in [2.24, 2.45) is 0 Å². The average Bonchev–Trinajstić information content (AvgIpc) is 3.58. The van der Waals surface area contributed by atoms with E-state index in [4.69, 9.17) is 5.11 Å². The number of aliphatic hydroxyl groups is 1. The van der Waals surface area contributed by atoms with Gasteiger partial charge in [-0.3, -0.25) is 14.5 Å². The highest BCUT2D eigenvalue weighted by atomic mass is 16.3. The maximum atomic E-state index is 13.3. The van der Waals surface area contributed by atoms with Crippen molar-refractivity contribution in [3.05, 3.63) is 88.7 Å². The van der Waals surface area contributed by atoms with Crippen molar-refractivity contribution >= 4 is 28.8 Å². The molecule has 2 amide bonds. The fourth-order valence-corrected chi connectivity index (χ4v) is 5.05. The van der Waals surface area contributed by atoms with Crippen LogP contribution in [-0.2, 0) is 16.1 Å². The Morgan fingerprint density at radius 2 is 1.92 bits per heavy atom. The van der Waals surface area contributed by atoms with Crippen molar-refractivity contribution < 1.29 is 14.7 Å². The zero-order valence-electron chi connectivity index (χ0n) is 22.2.